The van der Waals surface area contributed by atoms with Crippen LogP contribution in [-0.4, -0.2) is 63.3 Å². The van der Waals surface area contributed by atoms with E-state index >= 15 is 0 Å². The molecule has 0 bridgehead atoms. The minimum absolute atomic E-state index is 0.171. The zero-order valence-electron chi connectivity index (χ0n) is 11.3. The van der Waals surface area contributed by atoms with E-state index in [0.717, 1.165) is 0 Å². The Kier molecular flexibility index (Phi) is 5.11. The zero-order valence-corrected chi connectivity index (χ0v) is 11.3. The molecule has 1 rings (SSSR count). The maximum atomic E-state index is 9.82. The van der Waals surface area contributed by atoms with E-state index in [1.165, 1.54) is 0 Å². The Bertz CT molecular complexity index is 265. The van der Waals surface area contributed by atoms with Crippen LogP contribution in [0, 0.1) is 5.92 Å². The second-order valence-electron chi connectivity index (χ2n) is 5.57. The van der Waals surface area contributed by atoms with Crippen molar-refractivity contribution in [3.63, 3.8) is 0 Å². The Balaban J connectivity index is 2.76. The van der Waals surface area contributed by atoms with Crippen LogP contribution in [0.15, 0.2) is 0 Å². The summed E-state index contributed by atoms with van der Waals surface area (Å²) in [6.07, 6.45) is -6.11. The number of ether oxygens (including phenoxy) is 2. The first-order valence-corrected chi connectivity index (χ1v) is 6.19. The molecule has 1 aliphatic heterocycles. The molecule has 6 heteroatoms. The topological polar surface area (TPSA) is 99.4 Å². The van der Waals surface area contributed by atoms with Gasteiger partial charge in [-0.2, -0.15) is 0 Å². The lowest BCUT2D eigenvalue weighted by atomic mass is 9.93. The van der Waals surface area contributed by atoms with Gasteiger partial charge in [0.2, 0.25) is 0 Å². The Hall–Kier alpha value is -0.240. The smallest absolute Gasteiger partial charge is 0.187 e. The zero-order chi connectivity index (χ0) is 14.1. The van der Waals surface area contributed by atoms with E-state index in [1.54, 1.807) is 0 Å². The van der Waals surface area contributed by atoms with E-state index in [1.807, 2.05) is 27.7 Å². The van der Waals surface area contributed by atoms with Crippen LogP contribution in [0.3, 0.4) is 0 Å². The lowest BCUT2D eigenvalue weighted by Crippen LogP contribution is -2.60. The monoisotopic (exact) mass is 264 g/mol. The van der Waals surface area contributed by atoms with Crippen LogP contribution in [0.4, 0.5) is 0 Å². The van der Waals surface area contributed by atoms with E-state index in [4.69, 9.17) is 14.6 Å². The predicted molar refractivity (Wildman–Crippen MR) is 63.8 cm³/mol. The first kappa shape index (κ1) is 15.8. The van der Waals surface area contributed by atoms with Gasteiger partial charge in [0.25, 0.3) is 0 Å². The number of aliphatic hydroxyl groups excluding tert-OH is 4. The van der Waals surface area contributed by atoms with Gasteiger partial charge in [0.05, 0.1) is 12.2 Å². The van der Waals surface area contributed by atoms with Crippen molar-refractivity contribution in [2.24, 2.45) is 5.92 Å². The lowest BCUT2D eigenvalue weighted by molar-refractivity contribution is -0.327. The Morgan fingerprint density at radius 1 is 1.11 bits per heavy atom. The summed E-state index contributed by atoms with van der Waals surface area (Å²) in [6.45, 7) is 7.17. The minimum atomic E-state index is -1.40. The average Bonchev–Trinajstić information content (AvgIpc) is 2.29. The van der Waals surface area contributed by atoms with E-state index < -0.39 is 42.9 Å². The first-order valence-electron chi connectivity index (χ1n) is 6.19. The first-order chi connectivity index (χ1) is 8.20. The maximum absolute atomic E-state index is 9.82. The van der Waals surface area contributed by atoms with E-state index in [0.29, 0.717) is 0 Å². The number of rotatable bonds is 4. The standard InChI is InChI=1S/C12H24O6/c1-6(2)12(3,4)18-11-10(16)9(15)8(14)7(5-13)17-11/h6-11,13-16H,5H2,1-4H3/t7?,8-,9-,10?,11-/m0/s1. The fraction of sp³-hybridized carbons (Fsp3) is 1.00. The largest absolute Gasteiger partial charge is 0.394 e. The molecule has 0 amide bonds. The van der Waals surface area contributed by atoms with E-state index in [-0.39, 0.29) is 5.92 Å². The summed E-state index contributed by atoms with van der Waals surface area (Å²) in [4.78, 5) is 0. The van der Waals surface area contributed by atoms with Crippen molar-refractivity contribution in [1.29, 1.82) is 0 Å². The Morgan fingerprint density at radius 2 is 1.67 bits per heavy atom. The third-order valence-corrected chi connectivity index (χ3v) is 3.66. The molecular formula is C12H24O6. The van der Waals surface area contributed by atoms with Gasteiger partial charge in [-0.1, -0.05) is 13.8 Å². The number of hydrogen-bond donors (Lipinski definition) is 4. The average molecular weight is 264 g/mol. The molecule has 0 aromatic heterocycles. The molecule has 1 fully saturated rings. The molecule has 0 radical (unpaired) electrons. The van der Waals surface area contributed by atoms with Gasteiger partial charge in [-0.15, -0.1) is 0 Å². The number of aliphatic hydroxyl groups is 4. The molecule has 1 saturated heterocycles. The van der Waals surface area contributed by atoms with Crippen molar-refractivity contribution in [1.82, 2.24) is 0 Å². The molecule has 5 atom stereocenters. The molecule has 0 saturated carbocycles. The summed E-state index contributed by atoms with van der Waals surface area (Å²) in [5.74, 6) is 0.171. The maximum Gasteiger partial charge on any atom is 0.187 e. The molecule has 0 aromatic rings. The van der Waals surface area contributed by atoms with Gasteiger partial charge in [-0.25, -0.2) is 0 Å². The second kappa shape index (κ2) is 5.81. The van der Waals surface area contributed by atoms with Gasteiger partial charge in [-0.05, 0) is 19.8 Å². The van der Waals surface area contributed by atoms with Crippen LogP contribution < -0.4 is 0 Å². The fourth-order valence-electron chi connectivity index (χ4n) is 1.60. The van der Waals surface area contributed by atoms with Crippen molar-refractivity contribution in [2.45, 2.75) is 64.0 Å². The molecule has 6 nitrogen and oxygen atoms in total. The van der Waals surface area contributed by atoms with Gasteiger partial charge < -0.3 is 29.9 Å². The normalized spacial score (nSPS) is 38.2. The third kappa shape index (κ3) is 3.20. The second-order valence-corrected chi connectivity index (χ2v) is 5.57. The Labute approximate surface area is 107 Å². The molecule has 1 aliphatic rings. The highest BCUT2D eigenvalue weighted by Crippen LogP contribution is 2.29. The van der Waals surface area contributed by atoms with Crippen molar-refractivity contribution < 1.29 is 29.9 Å². The predicted octanol–water partition coefficient (Wildman–Crippen LogP) is -0.763. The van der Waals surface area contributed by atoms with Crippen LogP contribution in [0.1, 0.15) is 27.7 Å². The van der Waals surface area contributed by atoms with Gasteiger partial charge >= 0.3 is 0 Å². The van der Waals surface area contributed by atoms with Crippen molar-refractivity contribution >= 4 is 0 Å². The van der Waals surface area contributed by atoms with Crippen molar-refractivity contribution in [3.8, 4) is 0 Å². The number of hydrogen-bond acceptors (Lipinski definition) is 6. The molecule has 1 heterocycles. The molecule has 0 aliphatic carbocycles. The van der Waals surface area contributed by atoms with Crippen molar-refractivity contribution in [2.75, 3.05) is 6.61 Å². The molecule has 4 N–H and O–H groups in total. The third-order valence-electron chi connectivity index (χ3n) is 3.66. The van der Waals surface area contributed by atoms with E-state index in [2.05, 4.69) is 0 Å². The van der Waals surface area contributed by atoms with E-state index in [9.17, 15) is 15.3 Å². The molecule has 2 unspecified atom stereocenters. The van der Waals surface area contributed by atoms with Gasteiger partial charge in [0, 0.05) is 0 Å². The Morgan fingerprint density at radius 3 is 2.11 bits per heavy atom. The molecule has 108 valence electrons. The summed E-state index contributed by atoms with van der Waals surface area (Å²) in [6, 6.07) is 0. The highest BCUT2D eigenvalue weighted by molar-refractivity contribution is 4.90. The summed E-state index contributed by atoms with van der Waals surface area (Å²) in [5, 5.41) is 38.1. The van der Waals surface area contributed by atoms with Crippen LogP contribution in [0.2, 0.25) is 0 Å². The molecule has 0 spiro atoms. The van der Waals surface area contributed by atoms with Crippen LogP contribution >= 0.6 is 0 Å². The SMILES string of the molecule is CC(C)C(C)(C)O[C@@H]1OC(CO)[C@H](O)[C@H](O)C1O. The molecule has 18 heavy (non-hydrogen) atoms. The van der Waals surface area contributed by atoms with Gasteiger partial charge in [0.15, 0.2) is 6.29 Å². The van der Waals surface area contributed by atoms with Crippen LogP contribution in [0.5, 0.6) is 0 Å². The summed E-state index contributed by atoms with van der Waals surface area (Å²) < 4.78 is 10.9. The van der Waals surface area contributed by atoms with Crippen molar-refractivity contribution in [3.05, 3.63) is 0 Å². The minimum Gasteiger partial charge on any atom is -0.394 e. The summed E-state index contributed by atoms with van der Waals surface area (Å²) in [5.41, 5.74) is -0.562. The van der Waals surface area contributed by atoms with Gasteiger partial charge in [-0.3, -0.25) is 0 Å². The molecular weight excluding hydrogens is 240 g/mol. The van der Waals surface area contributed by atoms with Crippen LogP contribution in [0.25, 0.3) is 0 Å². The molecule has 0 aromatic carbocycles. The fourth-order valence-corrected chi connectivity index (χ4v) is 1.60. The quantitative estimate of drug-likeness (QED) is 0.532. The lowest BCUT2D eigenvalue weighted by Gasteiger charge is -2.43. The highest BCUT2D eigenvalue weighted by Gasteiger charge is 2.46. The summed E-state index contributed by atoms with van der Waals surface area (Å²) >= 11 is 0. The van der Waals surface area contributed by atoms with Crippen LogP contribution in [-0.2, 0) is 9.47 Å². The summed E-state index contributed by atoms with van der Waals surface area (Å²) in [7, 11) is 0. The van der Waals surface area contributed by atoms with Gasteiger partial charge in [0.1, 0.15) is 24.4 Å². The highest BCUT2D eigenvalue weighted by atomic mass is 16.7.